The van der Waals surface area contributed by atoms with Crippen molar-refractivity contribution in [2.45, 2.75) is 19.4 Å². The van der Waals surface area contributed by atoms with Gasteiger partial charge in [0.15, 0.2) is 0 Å². The fraction of sp³-hybridized carbons (Fsp3) is 1.00. The van der Waals surface area contributed by atoms with E-state index in [1.807, 2.05) is 6.92 Å². The van der Waals surface area contributed by atoms with E-state index in [1.54, 1.807) is 7.11 Å². The molecule has 98 valence electrons. The molecule has 16 heavy (non-hydrogen) atoms. The molecule has 0 amide bonds. The number of ether oxygens (including phenoxy) is 2. The van der Waals surface area contributed by atoms with Crippen molar-refractivity contribution in [3.05, 3.63) is 0 Å². The second-order valence-electron chi connectivity index (χ2n) is 3.56. The van der Waals surface area contributed by atoms with Crippen molar-refractivity contribution in [3.8, 4) is 0 Å². The topological polar surface area (TPSA) is 84.9 Å². The number of nitrogens with one attached hydrogen (secondary N) is 1. The number of hydrogen-bond acceptors (Lipinski definition) is 5. The molecule has 0 aromatic heterocycles. The molecule has 7 heteroatoms. The van der Waals surface area contributed by atoms with Crippen LogP contribution >= 0.6 is 0 Å². The van der Waals surface area contributed by atoms with Gasteiger partial charge >= 0.3 is 0 Å². The Balaban J connectivity index is 3.33. The summed E-state index contributed by atoms with van der Waals surface area (Å²) < 4.78 is 39.4. The van der Waals surface area contributed by atoms with Gasteiger partial charge in [-0.3, -0.25) is 4.55 Å². The maximum atomic E-state index is 10.4. The Hall–Kier alpha value is -0.210. The van der Waals surface area contributed by atoms with Crippen molar-refractivity contribution < 1.29 is 22.4 Å². The summed E-state index contributed by atoms with van der Waals surface area (Å²) in [7, 11) is -2.22. The van der Waals surface area contributed by atoms with Crippen LogP contribution in [0.15, 0.2) is 0 Å². The maximum absolute atomic E-state index is 10.4. The third-order valence-corrected chi connectivity index (χ3v) is 2.68. The lowest BCUT2D eigenvalue weighted by Crippen LogP contribution is -2.32. The van der Waals surface area contributed by atoms with Gasteiger partial charge in [0.25, 0.3) is 10.1 Å². The minimum Gasteiger partial charge on any atom is -0.382 e. The third-order valence-electron chi connectivity index (χ3n) is 1.87. The zero-order valence-corrected chi connectivity index (χ0v) is 10.6. The van der Waals surface area contributed by atoms with Crippen molar-refractivity contribution in [1.82, 2.24) is 5.32 Å². The van der Waals surface area contributed by atoms with Crippen LogP contribution in [-0.2, 0) is 19.6 Å². The minimum absolute atomic E-state index is 0.151. The fourth-order valence-corrected chi connectivity index (χ4v) is 1.57. The molecule has 0 saturated heterocycles. The molecule has 2 N–H and O–H groups in total. The summed E-state index contributed by atoms with van der Waals surface area (Å²) in [6.45, 7) is 4.15. The van der Waals surface area contributed by atoms with Crippen LogP contribution in [0.5, 0.6) is 0 Å². The summed E-state index contributed by atoms with van der Waals surface area (Å²) in [5, 5.41) is 3.09. The largest absolute Gasteiger partial charge is 0.382 e. The van der Waals surface area contributed by atoms with Gasteiger partial charge < -0.3 is 14.8 Å². The van der Waals surface area contributed by atoms with Gasteiger partial charge in [0.05, 0.1) is 25.6 Å². The fourth-order valence-electron chi connectivity index (χ4n) is 1.06. The summed E-state index contributed by atoms with van der Waals surface area (Å²) in [5.41, 5.74) is 0. The lowest BCUT2D eigenvalue weighted by molar-refractivity contribution is 0.0611. The molecule has 0 fully saturated rings. The first-order valence-corrected chi connectivity index (χ1v) is 6.82. The summed E-state index contributed by atoms with van der Waals surface area (Å²) >= 11 is 0. The molecule has 0 aliphatic carbocycles. The van der Waals surface area contributed by atoms with E-state index in [-0.39, 0.29) is 11.8 Å². The zero-order valence-electron chi connectivity index (χ0n) is 9.81. The van der Waals surface area contributed by atoms with Crippen LogP contribution in [0.25, 0.3) is 0 Å². The van der Waals surface area contributed by atoms with E-state index >= 15 is 0 Å². The van der Waals surface area contributed by atoms with Crippen LogP contribution in [0.2, 0.25) is 0 Å². The standard InChI is InChI=1S/C9H21NO5S/c1-9(8-15-6-5-14-2)10-4-3-7-16(11,12)13/h9-10H,3-8H2,1-2H3,(H,11,12,13). The van der Waals surface area contributed by atoms with Gasteiger partial charge in [-0.15, -0.1) is 0 Å². The molecular weight excluding hydrogens is 234 g/mol. The van der Waals surface area contributed by atoms with Gasteiger partial charge in [0.2, 0.25) is 0 Å². The molecule has 0 aromatic carbocycles. The first kappa shape index (κ1) is 15.8. The molecular formula is C9H21NO5S. The van der Waals surface area contributed by atoms with Gasteiger partial charge in [-0.1, -0.05) is 0 Å². The van der Waals surface area contributed by atoms with Crippen LogP contribution in [-0.4, -0.2) is 58.2 Å². The van der Waals surface area contributed by atoms with E-state index in [0.29, 0.717) is 32.8 Å². The smallest absolute Gasteiger partial charge is 0.264 e. The Morgan fingerprint density at radius 3 is 2.62 bits per heavy atom. The molecule has 0 rings (SSSR count). The zero-order chi connectivity index (χ0) is 12.4. The number of rotatable bonds is 10. The van der Waals surface area contributed by atoms with Crippen LogP contribution in [0.3, 0.4) is 0 Å². The maximum Gasteiger partial charge on any atom is 0.264 e. The van der Waals surface area contributed by atoms with E-state index < -0.39 is 10.1 Å². The average molecular weight is 255 g/mol. The molecule has 6 nitrogen and oxygen atoms in total. The second kappa shape index (κ2) is 8.89. The molecule has 0 heterocycles. The Kier molecular flexibility index (Phi) is 8.77. The van der Waals surface area contributed by atoms with Crippen molar-refractivity contribution in [2.75, 3.05) is 39.2 Å². The lowest BCUT2D eigenvalue weighted by atomic mass is 10.3. The highest BCUT2D eigenvalue weighted by molar-refractivity contribution is 7.85. The normalized spacial score (nSPS) is 13.9. The van der Waals surface area contributed by atoms with Crippen LogP contribution in [0.4, 0.5) is 0 Å². The van der Waals surface area contributed by atoms with Gasteiger partial charge in [0, 0.05) is 13.2 Å². The third kappa shape index (κ3) is 11.9. The summed E-state index contributed by atoms with van der Waals surface area (Å²) in [5.74, 6) is -0.211. The molecule has 0 radical (unpaired) electrons. The van der Waals surface area contributed by atoms with Gasteiger partial charge in [-0.25, -0.2) is 0 Å². The monoisotopic (exact) mass is 255 g/mol. The van der Waals surface area contributed by atoms with E-state index in [1.165, 1.54) is 0 Å². The Labute approximate surface area is 97.1 Å². The Bertz CT molecular complexity index is 255. The summed E-state index contributed by atoms with van der Waals surface area (Å²) in [6, 6.07) is 0.151. The Morgan fingerprint density at radius 2 is 2.06 bits per heavy atom. The minimum atomic E-state index is -3.83. The average Bonchev–Trinajstić information content (AvgIpc) is 2.18. The van der Waals surface area contributed by atoms with E-state index in [0.717, 1.165) is 0 Å². The predicted octanol–water partition coefficient (Wildman–Crippen LogP) is -0.0946. The first-order chi connectivity index (χ1) is 7.45. The highest BCUT2D eigenvalue weighted by atomic mass is 32.2. The lowest BCUT2D eigenvalue weighted by Gasteiger charge is -2.13. The predicted molar refractivity (Wildman–Crippen MR) is 61.2 cm³/mol. The molecule has 1 atom stereocenters. The van der Waals surface area contributed by atoms with Crippen LogP contribution in [0.1, 0.15) is 13.3 Å². The molecule has 0 saturated carbocycles. The number of hydrogen-bond donors (Lipinski definition) is 2. The molecule has 0 aliphatic heterocycles. The molecule has 0 aliphatic rings. The van der Waals surface area contributed by atoms with Crippen molar-refractivity contribution in [2.24, 2.45) is 0 Å². The van der Waals surface area contributed by atoms with E-state index in [9.17, 15) is 8.42 Å². The first-order valence-electron chi connectivity index (χ1n) is 5.21. The number of methoxy groups -OCH3 is 1. The summed E-state index contributed by atoms with van der Waals surface area (Å²) in [6.07, 6.45) is 0.390. The van der Waals surface area contributed by atoms with E-state index in [2.05, 4.69) is 5.32 Å². The van der Waals surface area contributed by atoms with Crippen molar-refractivity contribution in [3.63, 3.8) is 0 Å². The molecule has 0 aromatic rings. The van der Waals surface area contributed by atoms with Crippen LogP contribution < -0.4 is 5.32 Å². The van der Waals surface area contributed by atoms with Gasteiger partial charge in [-0.2, -0.15) is 8.42 Å². The second-order valence-corrected chi connectivity index (χ2v) is 5.13. The van der Waals surface area contributed by atoms with E-state index in [4.69, 9.17) is 14.0 Å². The molecule has 0 bridgehead atoms. The van der Waals surface area contributed by atoms with Gasteiger partial charge in [0.1, 0.15) is 0 Å². The molecule has 1 unspecified atom stereocenters. The quantitative estimate of drug-likeness (QED) is 0.419. The van der Waals surface area contributed by atoms with Crippen molar-refractivity contribution >= 4 is 10.1 Å². The highest BCUT2D eigenvalue weighted by Crippen LogP contribution is 1.89. The SMILES string of the molecule is COCCOCC(C)NCCCS(=O)(=O)O. The molecule has 0 spiro atoms. The van der Waals surface area contributed by atoms with Gasteiger partial charge in [-0.05, 0) is 19.9 Å². The van der Waals surface area contributed by atoms with Crippen molar-refractivity contribution in [1.29, 1.82) is 0 Å². The highest BCUT2D eigenvalue weighted by Gasteiger charge is 2.05. The summed E-state index contributed by atoms with van der Waals surface area (Å²) in [4.78, 5) is 0. The Morgan fingerprint density at radius 1 is 1.38 bits per heavy atom. The van der Waals surface area contributed by atoms with Crippen LogP contribution in [0, 0.1) is 0 Å².